The predicted molar refractivity (Wildman–Crippen MR) is 147 cm³/mol. The Labute approximate surface area is 230 Å². The number of ether oxygens (including phenoxy) is 3. The minimum atomic E-state index is -4.08. The van der Waals surface area contributed by atoms with E-state index in [4.69, 9.17) is 19.3 Å². The fourth-order valence-corrected chi connectivity index (χ4v) is 6.03. The molecule has 0 bridgehead atoms. The van der Waals surface area contributed by atoms with E-state index in [0.717, 1.165) is 12.8 Å². The molecule has 0 radical (unpaired) electrons. The highest BCUT2D eigenvalue weighted by Crippen LogP contribution is 2.37. The van der Waals surface area contributed by atoms with Crippen molar-refractivity contribution < 1.29 is 31.0 Å². The number of methoxy groups -OCH3 is 3. The van der Waals surface area contributed by atoms with E-state index in [-0.39, 0.29) is 44.8 Å². The van der Waals surface area contributed by atoms with Crippen molar-refractivity contribution in [1.29, 1.82) is 0 Å². The molecule has 0 saturated heterocycles. The van der Waals surface area contributed by atoms with Crippen molar-refractivity contribution in [3.8, 4) is 28.8 Å². The molecule has 0 amide bonds. The normalized spacial score (nSPS) is 13.7. The molecule has 1 fully saturated rings. The highest BCUT2D eigenvalue weighted by molar-refractivity contribution is 7.89. The Bertz CT molecular complexity index is 1830. The summed E-state index contributed by atoms with van der Waals surface area (Å²) < 4.78 is 69.2. The molecule has 2 aromatic heterocycles. The van der Waals surface area contributed by atoms with Gasteiger partial charge in [-0.15, -0.1) is 0 Å². The number of nitrogens with two attached hydrogens (primary N) is 1. The Morgan fingerprint density at radius 3 is 2.35 bits per heavy atom. The molecular formula is C25H26N6O7S2. The molecule has 0 atom stereocenters. The number of aromatic nitrogens is 3. The number of fused-ring (bicyclic) bond motifs is 1. The monoisotopic (exact) mass is 586 g/mol. The summed E-state index contributed by atoms with van der Waals surface area (Å²) in [4.78, 5) is 12.5. The number of nitrogens with zero attached hydrogens (tertiary/aromatic N) is 3. The summed E-state index contributed by atoms with van der Waals surface area (Å²) in [7, 11) is -3.76. The van der Waals surface area contributed by atoms with Crippen molar-refractivity contribution in [2.45, 2.75) is 28.7 Å². The predicted octanol–water partition coefficient (Wildman–Crippen LogP) is 2.55. The maximum atomic E-state index is 13.3. The van der Waals surface area contributed by atoms with Crippen LogP contribution >= 0.6 is 0 Å². The van der Waals surface area contributed by atoms with Gasteiger partial charge in [-0.2, -0.15) is 4.98 Å². The van der Waals surface area contributed by atoms with Gasteiger partial charge in [0.2, 0.25) is 25.9 Å². The zero-order valence-corrected chi connectivity index (χ0v) is 23.3. The SMILES string of the molecule is COc1cc(Nc2c(S(=O)(=O)NC3CC3)cnc3cc(-c4cnc(OC)nc4OC)ccc23)cc(S(N)(=O)=O)c1. The van der Waals surface area contributed by atoms with Gasteiger partial charge in [0.15, 0.2) is 0 Å². The Hall–Kier alpha value is -4.05. The summed E-state index contributed by atoms with van der Waals surface area (Å²) in [6.07, 6.45) is 4.29. The molecule has 4 aromatic rings. The van der Waals surface area contributed by atoms with Crippen molar-refractivity contribution in [2.24, 2.45) is 5.14 Å². The van der Waals surface area contributed by atoms with Crippen LogP contribution in [0.15, 0.2) is 58.6 Å². The Morgan fingerprint density at radius 1 is 0.925 bits per heavy atom. The second kappa shape index (κ2) is 10.5. The highest BCUT2D eigenvalue weighted by Gasteiger charge is 2.30. The zero-order valence-electron chi connectivity index (χ0n) is 21.7. The average molecular weight is 587 g/mol. The molecule has 0 unspecified atom stereocenters. The van der Waals surface area contributed by atoms with Gasteiger partial charge in [-0.25, -0.2) is 31.7 Å². The first kappa shape index (κ1) is 27.5. The Balaban J connectivity index is 1.68. The summed E-state index contributed by atoms with van der Waals surface area (Å²) in [5, 5.41) is 8.88. The third-order valence-corrected chi connectivity index (χ3v) is 8.58. The van der Waals surface area contributed by atoms with Gasteiger partial charge in [-0.05, 0) is 30.5 Å². The van der Waals surface area contributed by atoms with Crippen molar-refractivity contribution in [1.82, 2.24) is 19.7 Å². The van der Waals surface area contributed by atoms with Crippen LogP contribution in [-0.4, -0.2) is 59.2 Å². The summed E-state index contributed by atoms with van der Waals surface area (Å²) in [5.41, 5.74) is 2.11. The fraction of sp³-hybridized carbons (Fsp3) is 0.240. The molecular weight excluding hydrogens is 560 g/mol. The highest BCUT2D eigenvalue weighted by atomic mass is 32.2. The average Bonchev–Trinajstić information content (AvgIpc) is 3.75. The van der Waals surface area contributed by atoms with Gasteiger partial charge in [-0.3, -0.25) is 4.98 Å². The Kier molecular flexibility index (Phi) is 7.22. The third-order valence-electron chi connectivity index (χ3n) is 6.16. The fourth-order valence-electron chi connectivity index (χ4n) is 4.03. The molecule has 1 aliphatic rings. The second-order valence-electron chi connectivity index (χ2n) is 8.97. The van der Waals surface area contributed by atoms with Crippen molar-refractivity contribution in [3.05, 3.63) is 48.8 Å². The van der Waals surface area contributed by atoms with E-state index in [0.29, 0.717) is 22.0 Å². The molecule has 2 heterocycles. The minimum Gasteiger partial charge on any atom is -0.497 e. The molecule has 5 rings (SSSR count). The molecule has 1 saturated carbocycles. The van der Waals surface area contributed by atoms with Gasteiger partial charge in [0, 0.05) is 41.6 Å². The van der Waals surface area contributed by atoms with Gasteiger partial charge >= 0.3 is 6.01 Å². The number of primary sulfonamides is 1. The molecule has 13 nitrogen and oxygen atoms in total. The van der Waals surface area contributed by atoms with E-state index in [1.165, 1.54) is 45.7 Å². The molecule has 4 N–H and O–H groups in total. The number of rotatable bonds is 10. The quantitative estimate of drug-likeness (QED) is 0.248. The van der Waals surface area contributed by atoms with Crippen LogP contribution in [0.25, 0.3) is 22.0 Å². The van der Waals surface area contributed by atoms with E-state index in [9.17, 15) is 16.8 Å². The van der Waals surface area contributed by atoms with Crippen LogP contribution in [0.2, 0.25) is 0 Å². The van der Waals surface area contributed by atoms with Gasteiger partial charge in [0.05, 0.1) is 43.0 Å². The lowest BCUT2D eigenvalue weighted by Gasteiger charge is -2.17. The molecule has 0 spiro atoms. The number of hydrogen-bond donors (Lipinski definition) is 3. The van der Waals surface area contributed by atoms with Gasteiger partial charge < -0.3 is 19.5 Å². The van der Waals surface area contributed by atoms with E-state index in [1.807, 2.05) is 0 Å². The van der Waals surface area contributed by atoms with Crippen molar-refractivity contribution in [3.63, 3.8) is 0 Å². The first-order chi connectivity index (χ1) is 19.0. The van der Waals surface area contributed by atoms with Gasteiger partial charge in [-0.1, -0.05) is 12.1 Å². The second-order valence-corrected chi connectivity index (χ2v) is 12.2. The summed E-state index contributed by atoms with van der Waals surface area (Å²) in [6, 6.07) is 9.26. The molecule has 40 heavy (non-hydrogen) atoms. The van der Waals surface area contributed by atoms with Crippen LogP contribution in [-0.2, 0) is 20.0 Å². The van der Waals surface area contributed by atoms with E-state index >= 15 is 0 Å². The first-order valence-electron chi connectivity index (χ1n) is 11.9. The largest absolute Gasteiger partial charge is 0.497 e. The van der Waals surface area contributed by atoms with Crippen molar-refractivity contribution >= 4 is 42.3 Å². The van der Waals surface area contributed by atoms with Crippen LogP contribution in [0.1, 0.15) is 12.8 Å². The molecule has 15 heteroatoms. The van der Waals surface area contributed by atoms with E-state index in [2.05, 4.69) is 25.0 Å². The van der Waals surface area contributed by atoms with Crippen molar-refractivity contribution in [2.75, 3.05) is 26.6 Å². The molecule has 1 aliphatic carbocycles. The number of pyridine rings is 1. The smallest absolute Gasteiger partial charge is 0.319 e. The standard InChI is InChI=1S/C25H26N6O7S2/c1-36-17-9-16(10-18(11-17)39(26,32)33)29-23-19-7-4-14(20-12-28-25(38-3)30-24(20)37-2)8-21(19)27-13-22(23)40(34,35)31-15-5-6-15/h4,7-13,15,31H,5-6H2,1-3H3,(H,27,29)(H2,26,32,33). The number of nitrogens with one attached hydrogen (secondary N) is 2. The zero-order chi connectivity index (χ0) is 28.7. The maximum absolute atomic E-state index is 13.3. The van der Waals surface area contributed by atoms with Crippen LogP contribution < -0.4 is 29.4 Å². The van der Waals surface area contributed by atoms with Gasteiger partial charge in [0.1, 0.15) is 10.6 Å². The maximum Gasteiger partial charge on any atom is 0.319 e. The molecule has 0 aliphatic heterocycles. The topological polar surface area (TPSA) is 185 Å². The van der Waals surface area contributed by atoms with Gasteiger partial charge in [0.25, 0.3) is 0 Å². The number of benzene rings is 2. The van der Waals surface area contributed by atoms with Crippen LogP contribution in [0.3, 0.4) is 0 Å². The lowest BCUT2D eigenvalue weighted by atomic mass is 10.0. The molecule has 210 valence electrons. The lowest BCUT2D eigenvalue weighted by Crippen LogP contribution is -2.26. The van der Waals surface area contributed by atoms with E-state index in [1.54, 1.807) is 24.4 Å². The van der Waals surface area contributed by atoms with Crippen LogP contribution in [0, 0.1) is 0 Å². The number of anilines is 2. The summed E-state index contributed by atoms with van der Waals surface area (Å²) in [6.45, 7) is 0. The summed E-state index contributed by atoms with van der Waals surface area (Å²) in [5.74, 6) is 0.492. The number of hydrogen-bond acceptors (Lipinski definition) is 11. The summed E-state index contributed by atoms with van der Waals surface area (Å²) >= 11 is 0. The first-order valence-corrected chi connectivity index (χ1v) is 14.9. The lowest BCUT2D eigenvalue weighted by molar-refractivity contribution is 0.353. The molecule has 2 aromatic carbocycles. The van der Waals surface area contributed by atoms with E-state index < -0.39 is 20.0 Å². The Morgan fingerprint density at radius 2 is 1.70 bits per heavy atom. The number of sulfonamides is 2. The minimum absolute atomic E-state index is 0.106. The third kappa shape index (κ3) is 5.62. The van der Waals surface area contributed by atoms with Crippen LogP contribution in [0.4, 0.5) is 11.4 Å². The van der Waals surface area contributed by atoms with Crippen LogP contribution in [0.5, 0.6) is 17.6 Å².